The highest BCUT2D eigenvalue weighted by Gasteiger charge is 2.16. The zero-order valence-electron chi connectivity index (χ0n) is 12.2. The van der Waals surface area contributed by atoms with Crippen LogP contribution in [0, 0.1) is 0 Å². The Kier molecular flexibility index (Phi) is 5.53. The second kappa shape index (κ2) is 7.61. The molecular weight excluding hydrogens is 274 g/mol. The van der Waals surface area contributed by atoms with Gasteiger partial charge >= 0.3 is 6.09 Å². The number of carbonyl (C=O) groups excluding carboxylic acids is 2. The van der Waals surface area contributed by atoms with Gasteiger partial charge in [0.25, 0.3) is 0 Å². The SMILES string of the molecule is CCOC(=O)Nc1cnn(CC(=O)NC2CCCCC2)n1. The van der Waals surface area contributed by atoms with Crippen LogP contribution in [-0.2, 0) is 16.1 Å². The molecule has 1 aliphatic rings. The van der Waals surface area contributed by atoms with Gasteiger partial charge in [-0.2, -0.15) is 9.90 Å². The minimum Gasteiger partial charge on any atom is -0.450 e. The lowest BCUT2D eigenvalue weighted by atomic mass is 9.95. The van der Waals surface area contributed by atoms with Gasteiger partial charge in [-0.3, -0.25) is 10.1 Å². The summed E-state index contributed by atoms with van der Waals surface area (Å²) in [6.45, 7) is 2.04. The minimum absolute atomic E-state index is 0.0427. The van der Waals surface area contributed by atoms with E-state index in [1.165, 1.54) is 30.3 Å². The first-order valence-electron chi connectivity index (χ1n) is 7.30. The van der Waals surface area contributed by atoms with Crippen molar-refractivity contribution in [1.29, 1.82) is 0 Å². The monoisotopic (exact) mass is 295 g/mol. The number of aromatic nitrogens is 3. The van der Waals surface area contributed by atoms with Crippen LogP contribution < -0.4 is 10.6 Å². The molecule has 0 radical (unpaired) electrons. The van der Waals surface area contributed by atoms with E-state index in [0.29, 0.717) is 0 Å². The predicted molar refractivity (Wildman–Crippen MR) is 75.7 cm³/mol. The van der Waals surface area contributed by atoms with Gasteiger partial charge in [-0.05, 0) is 19.8 Å². The van der Waals surface area contributed by atoms with E-state index in [1.54, 1.807) is 6.92 Å². The molecule has 0 aliphatic heterocycles. The number of nitrogens with one attached hydrogen (secondary N) is 2. The maximum Gasteiger partial charge on any atom is 0.412 e. The standard InChI is InChI=1S/C13H21N5O3/c1-2-21-13(20)16-11-8-14-18(17-11)9-12(19)15-10-6-4-3-5-7-10/h8,10H,2-7,9H2,1H3,(H,15,19)(H,16,17,20). The maximum absolute atomic E-state index is 11.9. The number of hydrogen-bond donors (Lipinski definition) is 2. The van der Waals surface area contributed by atoms with Crippen molar-refractivity contribution >= 4 is 17.8 Å². The fraction of sp³-hybridized carbons (Fsp3) is 0.692. The van der Waals surface area contributed by atoms with Gasteiger partial charge in [-0.1, -0.05) is 19.3 Å². The van der Waals surface area contributed by atoms with E-state index in [-0.39, 0.29) is 30.9 Å². The summed E-state index contributed by atoms with van der Waals surface area (Å²) in [5, 5.41) is 13.4. The molecule has 116 valence electrons. The average molecular weight is 295 g/mol. The first-order chi connectivity index (χ1) is 10.2. The summed E-state index contributed by atoms with van der Waals surface area (Å²) in [7, 11) is 0. The molecule has 1 aromatic rings. The molecule has 2 rings (SSSR count). The third kappa shape index (κ3) is 5.05. The van der Waals surface area contributed by atoms with Gasteiger partial charge in [0.05, 0.1) is 12.8 Å². The molecule has 2 amide bonds. The number of amides is 2. The Balaban J connectivity index is 1.78. The molecule has 1 saturated carbocycles. The quantitative estimate of drug-likeness (QED) is 0.853. The summed E-state index contributed by atoms with van der Waals surface area (Å²) in [6.07, 6.45) is 6.44. The molecule has 0 saturated heterocycles. The molecule has 1 aliphatic carbocycles. The number of rotatable bonds is 5. The second-order valence-corrected chi connectivity index (χ2v) is 5.01. The molecule has 0 bridgehead atoms. The Morgan fingerprint density at radius 3 is 2.86 bits per heavy atom. The van der Waals surface area contributed by atoms with Crippen molar-refractivity contribution in [3.8, 4) is 0 Å². The van der Waals surface area contributed by atoms with Gasteiger partial charge < -0.3 is 10.1 Å². The van der Waals surface area contributed by atoms with Crippen LogP contribution in [0.4, 0.5) is 10.6 Å². The highest BCUT2D eigenvalue weighted by molar-refractivity contribution is 5.83. The molecule has 0 spiro atoms. The van der Waals surface area contributed by atoms with E-state index in [1.807, 2.05) is 0 Å². The normalized spacial score (nSPS) is 15.5. The summed E-state index contributed by atoms with van der Waals surface area (Å²) in [6, 6.07) is 0.263. The zero-order chi connectivity index (χ0) is 15.1. The maximum atomic E-state index is 11.9. The minimum atomic E-state index is -0.587. The molecule has 1 fully saturated rings. The smallest absolute Gasteiger partial charge is 0.412 e. The van der Waals surface area contributed by atoms with Gasteiger partial charge in [-0.25, -0.2) is 4.79 Å². The van der Waals surface area contributed by atoms with E-state index in [9.17, 15) is 9.59 Å². The average Bonchev–Trinajstić information content (AvgIpc) is 2.87. The van der Waals surface area contributed by atoms with Crippen molar-refractivity contribution in [1.82, 2.24) is 20.3 Å². The fourth-order valence-electron chi connectivity index (χ4n) is 2.35. The number of ether oxygens (including phenoxy) is 1. The lowest BCUT2D eigenvalue weighted by molar-refractivity contribution is -0.123. The molecule has 1 aromatic heterocycles. The number of nitrogens with zero attached hydrogens (tertiary/aromatic N) is 3. The second-order valence-electron chi connectivity index (χ2n) is 5.01. The van der Waals surface area contributed by atoms with Crippen LogP contribution in [0.3, 0.4) is 0 Å². The van der Waals surface area contributed by atoms with Crippen LogP contribution in [0.1, 0.15) is 39.0 Å². The summed E-state index contributed by atoms with van der Waals surface area (Å²) < 4.78 is 4.73. The largest absolute Gasteiger partial charge is 0.450 e. The van der Waals surface area contributed by atoms with Crippen molar-refractivity contribution in [3.63, 3.8) is 0 Å². The summed E-state index contributed by atoms with van der Waals surface area (Å²) in [5.41, 5.74) is 0. The Morgan fingerprint density at radius 1 is 1.38 bits per heavy atom. The zero-order valence-corrected chi connectivity index (χ0v) is 12.2. The van der Waals surface area contributed by atoms with Crippen molar-refractivity contribution in [2.75, 3.05) is 11.9 Å². The van der Waals surface area contributed by atoms with E-state index >= 15 is 0 Å². The third-order valence-electron chi connectivity index (χ3n) is 3.30. The topological polar surface area (TPSA) is 98.1 Å². The highest BCUT2D eigenvalue weighted by atomic mass is 16.5. The van der Waals surface area contributed by atoms with Crippen molar-refractivity contribution < 1.29 is 14.3 Å². The molecule has 8 nitrogen and oxygen atoms in total. The van der Waals surface area contributed by atoms with Crippen LogP contribution in [0.15, 0.2) is 6.20 Å². The fourth-order valence-corrected chi connectivity index (χ4v) is 2.35. The molecule has 8 heteroatoms. The molecule has 0 unspecified atom stereocenters. The number of hydrogen-bond acceptors (Lipinski definition) is 5. The van der Waals surface area contributed by atoms with Crippen molar-refractivity contribution in [3.05, 3.63) is 6.20 Å². The molecular formula is C13H21N5O3. The lowest BCUT2D eigenvalue weighted by Gasteiger charge is -2.22. The van der Waals surface area contributed by atoms with Gasteiger partial charge in [0.15, 0.2) is 5.82 Å². The first-order valence-corrected chi connectivity index (χ1v) is 7.30. The molecule has 0 aromatic carbocycles. The van der Waals surface area contributed by atoms with Crippen LogP contribution >= 0.6 is 0 Å². The van der Waals surface area contributed by atoms with Crippen LogP contribution in [-0.4, -0.2) is 39.6 Å². The van der Waals surface area contributed by atoms with E-state index in [4.69, 9.17) is 4.74 Å². The summed E-state index contributed by atoms with van der Waals surface area (Å²) in [5.74, 6) is 0.152. The molecule has 1 heterocycles. The Hall–Kier alpha value is -2.12. The summed E-state index contributed by atoms with van der Waals surface area (Å²) >= 11 is 0. The summed E-state index contributed by atoms with van der Waals surface area (Å²) in [4.78, 5) is 24.4. The molecule has 0 atom stereocenters. The van der Waals surface area contributed by atoms with Crippen LogP contribution in [0.2, 0.25) is 0 Å². The lowest BCUT2D eigenvalue weighted by Crippen LogP contribution is -2.38. The predicted octanol–water partition coefficient (Wildman–Crippen LogP) is 1.30. The van der Waals surface area contributed by atoms with Crippen molar-refractivity contribution in [2.24, 2.45) is 0 Å². The van der Waals surface area contributed by atoms with Crippen molar-refractivity contribution in [2.45, 2.75) is 51.6 Å². The Morgan fingerprint density at radius 2 is 2.14 bits per heavy atom. The molecule has 21 heavy (non-hydrogen) atoms. The number of anilines is 1. The van der Waals surface area contributed by atoms with E-state index in [0.717, 1.165) is 12.8 Å². The van der Waals surface area contributed by atoms with Gasteiger partial charge in [0, 0.05) is 6.04 Å². The Bertz CT molecular complexity index is 482. The van der Waals surface area contributed by atoms with Crippen LogP contribution in [0.25, 0.3) is 0 Å². The van der Waals surface area contributed by atoms with Gasteiger partial charge in [0.1, 0.15) is 6.54 Å². The Labute approximate surface area is 123 Å². The van der Waals surface area contributed by atoms with E-state index in [2.05, 4.69) is 20.8 Å². The van der Waals surface area contributed by atoms with Crippen LogP contribution in [0.5, 0.6) is 0 Å². The molecule has 2 N–H and O–H groups in total. The number of carbonyl (C=O) groups is 2. The van der Waals surface area contributed by atoms with Gasteiger partial charge in [-0.15, -0.1) is 5.10 Å². The highest BCUT2D eigenvalue weighted by Crippen LogP contribution is 2.17. The van der Waals surface area contributed by atoms with Gasteiger partial charge in [0.2, 0.25) is 5.91 Å². The van der Waals surface area contributed by atoms with E-state index < -0.39 is 6.09 Å². The third-order valence-corrected chi connectivity index (χ3v) is 3.30. The first kappa shape index (κ1) is 15.3.